The molecule has 0 radical (unpaired) electrons. The fourth-order valence-electron chi connectivity index (χ4n) is 3.86. The van der Waals surface area contributed by atoms with Gasteiger partial charge in [0.15, 0.2) is 17.2 Å². The summed E-state index contributed by atoms with van der Waals surface area (Å²) in [5.41, 5.74) is 9.72. The van der Waals surface area contributed by atoms with E-state index in [4.69, 9.17) is 19.8 Å². The molecule has 1 aromatic carbocycles. The maximum atomic E-state index is 13.0. The van der Waals surface area contributed by atoms with Gasteiger partial charge in [-0.2, -0.15) is 9.78 Å². The lowest BCUT2D eigenvalue weighted by molar-refractivity contribution is 0.0945. The Morgan fingerprint density at radius 1 is 1.29 bits per heavy atom. The molecule has 1 aliphatic heterocycles. The molecule has 1 aliphatic rings. The maximum absolute atomic E-state index is 13.0. The van der Waals surface area contributed by atoms with Crippen LogP contribution < -0.4 is 20.6 Å². The molecule has 34 heavy (non-hydrogen) atoms. The van der Waals surface area contributed by atoms with Crippen LogP contribution in [-0.2, 0) is 6.54 Å². The van der Waals surface area contributed by atoms with Gasteiger partial charge in [-0.25, -0.2) is 10.1 Å². The largest absolute Gasteiger partial charge is 0.493 e. The number of hydrogen-bond donors (Lipinski definition) is 2. The van der Waals surface area contributed by atoms with Crippen LogP contribution in [-0.4, -0.2) is 69.1 Å². The molecule has 0 bridgehead atoms. The second-order valence-electron chi connectivity index (χ2n) is 7.90. The fourth-order valence-corrected chi connectivity index (χ4v) is 3.86. The first-order valence-corrected chi connectivity index (χ1v) is 10.8. The van der Waals surface area contributed by atoms with Gasteiger partial charge in [0.1, 0.15) is 0 Å². The average molecular weight is 470 g/mol. The third-order valence-electron chi connectivity index (χ3n) is 5.76. The number of methoxy groups -OCH3 is 2. The number of nitrogens with two attached hydrogens (primary N) is 1. The standard InChI is InChI=1S/C21H27N9O4/c1-13-6-4-5-9-29(13)12-15-18(24-28-30(15)20-19(22)26-34-27-20)21(31)25-23-11-14-7-8-16(32-2)17(10-14)33-3/h7-8,10-11,13H,4-6,9,12H2,1-3H3,(H2,22,26)(H,25,31)/b23-11+/t13-/m0/s1. The zero-order valence-corrected chi connectivity index (χ0v) is 19.3. The van der Waals surface area contributed by atoms with Crippen LogP contribution in [0.15, 0.2) is 27.9 Å². The molecule has 1 saturated heterocycles. The van der Waals surface area contributed by atoms with Crippen LogP contribution in [0.25, 0.3) is 5.82 Å². The number of nitrogens with zero attached hydrogens (tertiary/aromatic N) is 7. The minimum absolute atomic E-state index is 0.0521. The van der Waals surface area contributed by atoms with Crippen LogP contribution in [0.4, 0.5) is 5.82 Å². The Bertz CT molecular complexity index is 1170. The zero-order chi connectivity index (χ0) is 24.1. The predicted molar refractivity (Wildman–Crippen MR) is 122 cm³/mol. The number of likely N-dealkylation sites (tertiary alicyclic amines) is 1. The number of nitrogens with one attached hydrogen (secondary N) is 1. The summed E-state index contributed by atoms with van der Waals surface area (Å²) in [6.07, 6.45) is 4.83. The molecule has 3 aromatic rings. The van der Waals surface area contributed by atoms with E-state index in [0.717, 1.165) is 19.4 Å². The Morgan fingerprint density at radius 3 is 2.82 bits per heavy atom. The monoisotopic (exact) mass is 469 g/mol. The van der Waals surface area contributed by atoms with Gasteiger partial charge < -0.3 is 15.2 Å². The highest BCUT2D eigenvalue weighted by Crippen LogP contribution is 2.27. The third-order valence-corrected chi connectivity index (χ3v) is 5.76. The summed E-state index contributed by atoms with van der Waals surface area (Å²) in [5.74, 6) is 0.866. The molecule has 0 spiro atoms. The highest BCUT2D eigenvalue weighted by Gasteiger charge is 2.28. The number of carbonyl (C=O) groups excluding carboxylic acids is 1. The van der Waals surface area contributed by atoms with Crippen molar-refractivity contribution in [3.8, 4) is 17.3 Å². The number of anilines is 1. The van der Waals surface area contributed by atoms with E-state index in [1.165, 1.54) is 17.3 Å². The first kappa shape index (κ1) is 23.2. The summed E-state index contributed by atoms with van der Waals surface area (Å²) in [6, 6.07) is 5.64. The van der Waals surface area contributed by atoms with Crippen LogP contribution in [0.5, 0.6) is 11.5 Å². The molecule has 180 valence electrons. The van der Waals surface area contributed by atoms with Crippen LogP contribution in [0, 0.1) is 0 Å². The molecule has 1 amide bonds. The number of carbonyl (C=O) groups is 1. The number of ether oxygens (including phenoxy) is 2. The molecule has 1 atom stereocenters. The smallest absolute Gasteiger partial charge is 0.293 e. The zero-order valence-electron chi connectivity index (χ0n) is 19.3. The molecule has 3 heterocycles. The molecule has 4 rings (SSSR count). The number of piperidine rings is 1. The number of aromatic nitrogens is 5. The second-order valence-corrected chi connectivity index (χ2v) is 7.90. The van der Waals surface area contributed by atoms with Crippen LogP contribution in [0.3, 0.4) is 0 Å². The number of benzene rings is 1. The maximum Gasteiger partial charge on any atom is 0.293 e. The van der Waals surface area contributed by atoms with E-state index in [1.807, 2.05) is 0 Å². The summed E-state index contributed by atoms with van der Waals surface area (Å²) < 4.78 is 16.6. The van der Waals surface area contributed by atoms with Crippen LogP contribution in [0.2, 0.25) is 0 Å². The van der Waals surface area contributed by atoms with Crippen molar-refractivity contribution in [3.63, 3.8) is 0 Å². The summed E-state index contributed by atoms with van der Waals surface area (Å²) in [6.45, 7) is 3.49. The lowest BCUT2D eigenvalue weighted by atomic mass is 10.0. The number of hydrazone groups is 1. The Kier molecular flexibility index (Phi) is 7.01. The summed E-state index contributed by atoms with van der Waals surface area (Å²) in [4.78, 5) is 15.2. The molecule has 2 aromatic heterocycles. The predicted octanol–water partition coefficient (Wildman–Crippen LogP) is 1.39. The quantitative estimate of drug-likeness (QED) is 0.364. The molecule has 0 unspecified atom stereocenters. The average Bonchev–Trinajstić information content (AvgIpc) is 3.45. The Balaban J connectivity index is 1.56. The van der Waals surface area contributed by atoms with Gasteiger partial charge in [-0.1, -0.05) is 11.6 Å². The highest BCUT2D eigenvalue weighted by molar-refractivity contribution is 5.94. The van der Waals surface area contributed by atoms with Crippen LogP contribution >= 0.6 is 0 Å². The van der Waals surface area contributed by atoms with E-state index < -0.39 is 5.91 Å². The lowest BCUT2D eigenvalue weighted by Gasteiger charge is -2.33. The van der Waals surface area contributed by atoms with Gasteiger partial charge in [0.05, 0.1) is 26.1 Å². The Hall–Kier alpha value is -4.00. The van der Waals surface area contributed by atoms with E-state index >= 15 is 0 Å². The summed E-state index contributed by atoms with van der Waals surface area (Å²) in [5, 5.41) is 19.6. The van der Waals surface area contributed by atoms with Crippen molar-refractivity contribution in [1.29, 1.82) is 0 Å². The van der Waals surface area contributed by atoms with Gasteiger partial charge in [0.2, 0.25) is 11.6 Å². The summed E-state index contributed by atoms with van der Waals surface area (Å²) >= 11 is 0. The van der Waals surface area contributed by atoms with E-state index in [9.17, 15) is 4.79 Å². The van der Waals surface area contributed by atoms with Crippen molar-refractivity contribution < 1.29 is 18.9 Å². The number of nitrogen functional groups attached to an aromatic ring is 1. The molecule has 13 heteroatoms. The van der Waals surface area contributed by atoms with Gasteiger partial charge >= 0.3 is 0 Å². The molecule has 3 N–H and O–H groups in total. The fraction of sp³-hybridized carbons (Fsp3) is 0.429. The molecule has 0 aliphatic carbocycles. The van der Waals surface area contributed by atoms with Gasteiger partial charge in [0, 0.05) is 12.6 Å². The van der Waals surface area contributed by atoms with Gasteiger partial charge in [0.25, 0.3) is 5.91 Å². The minimum Gasteiger partial charge on any atom is -0.493 e. The second kappa shape index (κ2) is 10.3. The van der Waals surface area contributed by atoms with E-state index in [1.54, 1.807) is 32.4 Å². The first-order valence-electron chi connectivity index (χ1n) is 10.8. The SMILES string of the molecule is COc1ccc(/C=N/NC(=O)c2nnn(-c3nonc3N)c2CN2CCCC[C@@H]2C)cc1OC. The van der Waals surface area contributed by atoms with Crippen molar-refractivity contribution in [2.45, 2.75) is 38.8 Å². The molecule has 1 fully saturated rings. The topological polar surface area (TPSA) is 159 Å². The van der Waals surface area contributed by atoms with E-state index in [0.29, 0.717) is 35.3 Å². The summed E-state index contributed by atoms with van der Waals surface area (Å²) in [7, 11) is 3.11. The van der Waals surface area contributed by atoms with Crippen molar-refractivity contribution >= 4 is 17.9 Å². The Morgan fingerprint density at radius 2 is 2.12 bits per heavy atom. The van der Waals surface area contributed by atoms with Crippen LogP contribution in [0.1, 0.15) is 47.9 Å². The molecule has 0 saturated carbocycles. The molecular weight excluding hydrogens is 442 g/mol. The molecule has 13 nitrogen and oxygen atoms in total. The van der Waals surface area contributed by atoms with E-state index in [2.05, 4.69) is 43.0 Å². The third kappa shape index (κ3) is 4.83. The van der Waals surface area contributed by atoms with Crippen molar-refractivity contribution in [2.75, 3.05) is 26.5 Å². The van der Waals surface area contributed by atoms with Crippen molar-refractivity contribution in [1.82, 2.24) is 35.6 Å². The number of rotatable bonds is 8. The number of hydrogen-bond acceptors (Lipinski definition) is 11. The Labute approximate surface area is 195 Å². The van der Waals surface area contributed by atoms with Gasteiger partial charge in [-0.15, -0.1) is 5.10 Å². The van der Waals surface area contributed by atoms with Crippen molar-refractivity contribution in [2.24, 2.45) is 5.10 Å². The van der Waals surface area contributed by atoms with E-state index in [-0.39, 0.29) is 17.3 Å². The normalized spacial score (nSPS) is 16.6. The van der Waals surface area contributed by atoms with Crippen molar-refractivity contribution in [3.05, 3.63) is 35.2 Å². The highest BCUT2D eigenvalue weighted by atomic mass is 16.6. The lowest BCUT2D eigenvalue weighted by Crippen LogP contribution is -2.38. The molecular formula is C21H27N9O4. The first-order chi connectivity index (χ1) is 16.5. The number of amides is 1. The van der Waals surface area contributed by atoms with Gasteiger partial charge in [-0.05, 0) is 60.4 Å². The van der Waals surface area contributed by atoms with Gasteiger partial charge in [-0.3, -0.25) is 9.69 Å². The minimum atomic E-state index is -0.516.